The Balaban J connectivity index is 0.00000133. The molecule has 1 atom stereocenters. The summed E-state index contributed by atoms with van der Waals surface area (Å²) in [4.78, 5) is 0. The van der Waals surface area contributed by atoms with Gasteiger partial charge in [-0.25, -0.2) is 0 Å². The van der Waals surface area contributed by atoms with Gasteiger partial charge in [-0.1, -0.05) is 55.5 Å². The second kappa shape index (κ2) is 6.23. The molecule has 1 heterocycles. The lowest BCUT2D eigenvalue weighted by atomic mass is 9.91. The fraction of sp³-hybridized carbons (Fsp3) is 0.294. The molecule has 19 heavy (non-hydrogen) atoms. The highest BCUT2D eigenvalue weighted by molar-refractivity contribution is 5.85. The average molecular weight is 274 g/mol. The van der Waals surface area contributed by atoms with Crippen molar-refractivity contribution in [1.29, 1.82) is 0 Å². The largest absolute Gasteiger partial charge is 0.316 e. The predicted molar refractivity (Wildman–Crippen MR) is 84.1 cm³/mol. The van der Waals surface area contributed by atoms with Crippen LogP contribution in [0.3, 0.4) is 0 Å². The van der Waals surface area contributed by atoms with E-state index in [9.17, 15) is 0 Å². The number of benzene rings is 2. The van der Waals surface area contributed by atoms with Crippen molar-refractivity contribution in [3.63, 3.8) is 0 Å². The molecule has 1 aliphatic rings. The van der Waals surface area contributed by atoms with Crippen molar-refractivity contribution in [1.82, 2.24) is 5.32 Å². The highest BCUT2D eigenvalue weighted by atomic mass is 35.5. The summed E-state index contributed by atoms with van der Waals surface area (Å²) >= 11 is 0. The number of hydrogen-bond acceptors (Lipinski definition) is 1. The lowest BCUT2D eigenvalue weighted by molar-refractivity contribution is 0.644. The molecule has 100 valence electrons. The zero-order valence-electron chi connectivity index (χ0n) is 11.2. The molecule has 0 unspecified atom stereocenters. The molecule has 0 bridgehead atoms. The van der Waals surface area contributed by atoms with E-state index < -0.39 is 0 Å². The first-order chi connectivity index (χ1) is 8.84. The number of fused-ring (bicyclic) bond motifs is 1. The van der Waals surface area contributed by atoms with Crippen LogP contribution >= 0.6 is 12.4 Å². The Labute approximate surface area is 121 Å². The van der Waals surface area contributed by atoms with Gasteiger partial charge in [0.1, 0.15) is 0 Å². The Kier molecular flexibility index (Phi) is 4.62. The molecule has 3 rings (SSSR count). The van der Waals surface area contributed by atoms with Crippen molar-refractivity contribution < 1.29 is 0 Å². The van der Waals surface area contributed by atoms with Crippen LogP contribution in [0.25, 0.3) is 11.1 Å². The number of hydrogen-bond donors (Lipinski definition) is 1. The first-order valence-corrected chi connectivity index (χ1v) is 6.73. The highest BCUT2D eigenvalue weighted by Gasteiger charge is 2.14. The minimum Gasteiger partial charge on any atom is -0.316 e. The summed E-state index contributed by atoms with van der Waals surface area (Å²) in [5, 5.41) is 3.50. The Morgan fingerprint density at radius 3 is 2.58 bits per heavy atom. The van der Waals surface area contributed by atoms with Crippen molar-refractivity contribution in [2.24, 2.45) is 0 Å². The zero-order chi connectivity index (χ0) is 12.4. The number of halogens is 1. The van der Waals surface area contributed by atoms with Gasteiger partial charge in [0, 0.05) is 6.54 Å². The number of nitrogens with one attached hydrogen (secondary N) is 1. The van der Waals surface area contributed by atoms with Crippen LogP contribution in [-0.4, -0.2) is 13.1 Å². The van der Waals surface area contributed by atoms with E-state index in [4.69, 9.17) is 0 Å². The van der Waals surface area contributed by atoms with Crippen LogP contribution in [0.1, 0.15) is 24.0 Å². The van der Waals surface area contributed by atoms with Crippen molar-refractivity contribution >= 4 is 12.4 Å². The van der Waals surface area contributed by atoms with Crippen molar-refractivity contribution in [2.75, 3.05) is 13.1 Å². The maximum atomic E-state index is 3.50. The maximum Gasteiger partial charge on any atom is 0.00177 e. The van der Waals surface area contributed by atoms with Gasteiger partial charge in [-0.05, 0) is 41.1 Å². The molecule has 1 N–H and O–H groups in total. The molecule has 0 radical (unpaired) electrons. The Morgan fingerprint density at radius 2 is 1.79 bits per heavy atom. The predicted octanol–water partition coefficient (Wildman–Crippen LogP) is 4.02. The van der Waals surface area contributed by atoms with Gasteiger partial charge < -0.3 is 5.32 Å². The normalized spacial score (nSPS) is 18.1. The van der Waals surface area contributed by atoms with Crippen molar-refractivity contribution in [3.8, 4) is 11.1 Å². The van der Waals surface area contributed by atoms with E-state index in [-0.39, 0.29) is 12.4 Å². The summed E-state index contributed by atoms with van der Waals surface area (Å²) in [6.07, 6.45) is 1.15. The average Bonchev–Trinajstić information content (AvgIpc) is 2.62. The summed E-state index contributed by atoms with van der Waals surface area (Å²) < 4.78 is 0. The third-order valence-corrected chi connectivity index (χ3v) is 3.81. The number of rotatable bonds is 1. The summed E-state index contributed by atoms with van der Waals surface area (Å²) in [5.74, 6) is 0.603. The Morgan fingerprint density at radius 1 is 1.00 bits per heavy atom. The van der Waals surface area contributed by atoms with Crippen LogP contribution in [0.2, 0.25) is 0 Å². The summed E-state index contributed by atoms with van der Waals surface area (Å²) in [6, 6.07) is 17.6. The first-order valence-electron chi connectivity index (χ1n) is 6.73. The minimum absolute atomic E-state index is 0. The first kappa shape index (κ1) is 14.1. The topological polar surface area (TPSA) is 12.0 Å². The van der Waals surface area contributed by atoms with E-state index in [0.717, 1.165) is 19.5 Å². The summed E-state index contributed by atoms with van der Waals surface area (Å²) in [6.45, 7) is 4.50. The molecule has 0 saturated heterocycles. The van der Waals surface area contributed by atoms with Crippen LogP contribution in [0.4, 0.5) is 0 Å². The standard InChI is InChI=1S/C17H19N.ClH/c1-13-12-18-10-9-15-7-8-16(11-17(13)15)14-5-3-2-4-6-14;/h2-8,11,13,18H,9-10,12H2,1H3;1H/t13-;/m1./s1. The molecule has 2 aromatic rings. The quantitative estimate of drug-likeness (QED) is 0.827. The van der Waals surface area contributed by atoms with E-state index in [1.54, 1.807) is 0 Å². The molecule has 2 heteroatoms. The molecule has 0 amide bonds. The molecule has 2 aromatic carbocycles. The molecule has 1 aliphatic heterocycles. The lowest BCUT2D eigenvalue weighted by Gasteiger charge is -2.14. The molecule has 0 saturated carbocycles. The van der Waals surface area contributed by atoms with Crippen LogP contribution in [0.15, 0.2) is 48.5 Å². The molecular weight excluding hydrogens is 254 g/mol. The van der Waals surface area contributed by atoms with Crippen LogP contribution in [-0.2, 0) is 6.42 Å². The van der Waals surface area contributed by atoms with Gasteiger partial charge in [0.05, 0.1) is 0 Å². The van der Waals surface area contributed by atoms with Gasteiger partial charge >= 0.3 is 0 Å². The second-order valence-corrected chi connectivity index (χ2v) is 5.13. The molecule has 0 aromatic heterocycles. The fourth-order valence-corrected chi connectivity index (χ4v) is 2.74. The summed E-state index contributed by atoms with van der Waals surface area (Å²) in [7, 11) is 0. The van der Waals surface area contributed by atoms with Crippen LogP contribution in [0.5, 0.6) is 0 Å². The Bertz CT molecular complexity index is 536. The van der Waals surface area contributed by atoms with Gasteiger partial charge in [0.2, 0.25) is 0 Å². The molecule has 0 fully saturated rings. The van der Waals surface area contributed by atoms with E-state index in [1.165, 1.54) is 22.3 Å². The lowest BCUT2D eigenvalue weighted by Crippen LogP contribution is -2.18. The van der Waals surface area contributed by atoms with Gasteiger partial charge in [-0.3, -0.25) is 0 Å². The summed E-state index contributed by atoms with van der Waals surface area (Å²) in [5.41, 5.74) is 5.67. The minimum atomic E-state index is 0. The zero-order valence-corrected chi connectivity index (χ0v) is 12.0. The van der Waals surface area contributed by atoms with Gasteiger partial charge in [-0.15, -0.1) is 12.4 Å². The molecular formula is C17H20ClN. The smallest absolute Gasteiger partial charge is 0.00177 e. The van der Waals surface area contributed by atoms with Crippen molar-refractivity contribution in [3.05, 3.63) is 59.7 Å². The molecule has 0 spiro atoms. The second-order valence-electron chi connectivity index (χ2n) is 5.13. The molecule has 1 nitrogen and oxygen atoms in total. The van der Waals surface area contributed by atoms with Gasteiger partial charge in [-0.2, -0.15) is 0 Å². The van der Waals surface area contributed by atoms with E-state index >= 15 is 0 Å². The Hall–Kier alpha value is -1.31. The molecule has 0 aliphatic carbocycles. The SMILES string of the molecule is C[C@@H]1CNCCc2ccc(-c3ccccc3)cc21.Cl. The van der Waals surface area contributed by atoms with E-state index in [2.05, 4.69) is 60.8 Å². The van der Waals surface area contributed by atoms with Gasteiger partial charge in [0.15, 0.2) is 0 Å². The van der Waals surface area contributed by atoms with Crippen LogP contribution in [0, 0.1) is 0 Å². The maximum absolute atomic E-state index is 3.50. The monoisotopic (exact) mass is 273 g/mol. The van der Waals surface area contributed by atoms with E-state index in [1.807, 2.05) is 0 Å². The highest BCUT2D eigenvalue weighted by Crippen LogP contribution is 2.28. The third kappa shape index (κ3) is 2.99. The van der Waals surface area contributed by atoms with E-state index in [0.29, 0.717) is 5.92 Å². The van der Waals surface area contributed by atoms with Crippen molar-refractivity contribution in [2.45, 2.75) is 19.3 Å². The van der Waals surface area contributed by atoms with Crippen LogP contribution < -0.4 is 5.32 Å². The van der Waals surface area contributed by atoms with Gasteiger partial charge in [0.25, 0.3) is 0 Å². The third-order valence-electron chi connectivity index (χ3n) is 3.81. The fourth-order valence-electron chi connectivity index (χ4n) is 2.74.